The van der Waals surface area contributed by atoms with Gasteiger partial charge in [0.25, 0.3) is 0 Å². The minimum absolute atomic E-state index is 0.412. The molecule has 2 aliphatic rings. The monoisotopic (exact) mass is 205 g/mol. The molecule has 2 fully saturated rings. The molecular formula is C12H19N3. The van der Waals surface area contributed by atoms with E-state index in [0.29, 0.717) is 12.0 Å². The van der Waals surface area contributed by atoms with Gasteiger partial charge in [0.15, 0.2) is 0 Å². The molecule has 0 saturated heterocycles. The zero-order chi connectivity index (χ0) is 10.3. The van der Waals surface area contributed by atoms with Gasteiger partial charge in [0, 0.05) is 29.8 Å². The van der Waals surface area contributed by atoms with E-state index in [1.165, 1.54) is 37.2 Å². The van der Waals surface area contributed by atoms with Crippen LogP contribution in [0.5, 0.6) is 0 Å². The van der Waals surface area contributed by atoms with Gasteiger partial charge in [-0.1, -0.05) is 12.8 Å². The number of rotatable bonds is 2. The number of H-pyrrole nitrogens is 1. The SMILES string of the molecule is NC1CC(c2ncc(C3CCCC3)[nH]2)C1. The van der Waals surface area contributed by atoms with E-state index in [1.807, 2.05) is 0 Å². The highest BCUT2D eigenvalue weighted by atomic mass is 14.9. The van der Waals surface area contributed by atoms with Crippen LogP contribution in [0.3, 0.4) is 0 Å². The van der Waals surface area contributed by atoms with Crippen molar-refractivity contribution >= 4 is 0 Å². The maximum Gasteiger partial charge on any atom is 0.109 e. The number of imidazole rings is 1. The van der Waals surface area contributed by atoms with Crippen molar-refractivity contribution in [2.45, 2.75) is 56.4 Å². The van der Waals surface area contributed by atoms with Crippen molar-refractivity contribution in [2.75, 3.05) is 0 Å². The van der Waals surface area contributed by atoms with Crippen LogP contribution in [-0.2, 0) is 0 Å². The summed E-state index contributed by atoms with van der Waals surface area (Å²) in [5, 5.41) is 0. The van der Waals surface area contributed by atoms with Crippen LogP contribution in [0.1, 0.15) is 61.9 Å². The van der Waals surface area contributed by atoms with Crippen LogP contribution in [0, 0.1) is 0 Å². The molecule has 3 N–H and O–H groups in total. The third-order valence-electron chi connectivity index (χ3n) is 3.97. The summed E-state index contributed by atoms with van der Waals surface area (Å²) in [7, 11) is 0. The van der Waals surface area contributed by atoms with Crippen LogP contribution in [-0.4, -0.2) is 16.0 Å². The van der Waals surface area contributed by atoms with Gasteiger partial charge in [0.1, 0.15) is 5.82 Å². The zero-order valence-electron chi connectivity index (χ0n) is 9.08. The smallest absolute Gasteiger partial charge is 0.109 e. The topological polar surface area (TPSA) is 54.7 Å². The fourth-order valence-electron chi connectivity index (χ4n) is 2.89. The van der Waals surface area contributed by atoms with Crippen molar-refractivity contribution in [3.8, 4) is 0 Å². The molecule has 3 nitrogen and oxygen atoms in total. The predicted octanol–water partition coefficient (Wildman–Crippen LogP) is 2.27. The van der Waals surface area contributed by atoms with E-state index in [9.17, 15) is 0 Å². The first-order valence-electron chi connectivity index (χ1n) is 6.13. The Kier molecular flexibility index (Phi) is 2.28. The van der Waals surface area contributed by atoms with Gasteiger partial charge in [-0.3, -0.25) is 0 Å². The van der Waals surface area contributed by atoms with Crippen molar-refractivity contribution in [3.05, 3.63) is 17.7 Å². The molecule has 0 aromatic carbocycles. The number of hydrogen-bond donors (Lipinski definition) is 2. The highest BCUT2D eigenvalue weighted by molar-refractivity contribution is 5.14. The molecule has 0 aliphatic heterocycles. The summed E-state index contributed by atoms with van der Waals surface area (Å²) in [6.45, 7) is 0. The van der Waals surface area contributed by atoms with Crippen molar-refractivity contribution in [3.63, 3.8) is 0 Å². The Bertz CT molecular complexity index is 332. The lowest BCUT2D eigenvalue weighted by molar-refractivity contribution is 0.339. The minimum Gasteiger partial charge on any atom is -0.345 e. The van der Waals surface area contributed by atoms with E-state index in [4.69, 9.17) is 5.73 Å². The second-order valence-corrected chi connectivity index (χ2v) is 5.13. The Morgan fingerprint density at radius 1 is 1.20 bits per heavy atom. The van der Waals surface area contributed by atoms with Gasteiger partial charge in [-0.2, -0.15) is 0 Å². The number of nitrogens with two attached hydrogens (primary N) is 1. The molecule has 0 atom stereocenters. The first-order valence-corrected chi connectivity index (χ1v) is 6.13. The molecule has 3 rings (SSSR count). The average molecular weight is 205 g/mol. The van der Waals surface area contributed by atoms with Gasteiger partial charge in [-0.15, -0.1) is 0 Å². The molecule has 0 amide bonds. The first kappa shape index (κ1) is 9.40. The van der Waals surface area contributed by atoms with Gasteiger partial charge in [-0.25, -0.2) is 4.98 Å². The fraction of sp³-hybridized carbons (Fsp3) is 0.750. The predicted molar refractivity (Wildman–Crippen MR) is 59.7 cm³/mol. The van der Waals surface area contributed by atoms with Gasteiger partial charge in [0.2, 0.25) is 0 Å². The molecule has 1 heterocycles. The van der Waals surface area contributed by atoms with E-state index in [2.05, 4.69) is 16.2 Å². The van der Waals surface area contributed by atoms with Gasteiger partial charge >= 0.3 is 0 Å². The second-order valence-electron chi connectivity index (χ2n) is 5.13. The molecule has 1 aromatic heterocycles. The summed E-state index contributed by atoms with van der Waals surface area (Å²) in [4.78, 5) is 8.02. The highest BCUT2D eigenvalue weighted by Crippen LogP contribution is 2.37. The van der Waals surface area contributed by atoms with Gasteiger partial charge in [-0.05, 0) is 25.7 Å². The minimum atomic E-state index is 0.412. The Morgan fingerprint density at radius 2 is 1.93 bits per heavy atom. The average Bonchev–Trinajstić information content (AvgIpc) is 2.83. The first-order chi connectivity index (χ1) is 7.33. The second kappa shape index (κ2) is 3.63. The van der Waals surface area contributed by atoms with Crippen LogP contribution >= 0.6 is 0 Å². The maximum atomic E-state index is 5.79. The third-order valence-corrected chi connectivity index (χ3v) is 3.97. The summed E-state index contributed by atoms with van der Waals surface area (Å²) in [6, 6.07) is 0.412. The lowest BCUT2D eigenvalue weighted by atomic mass is 9.80. The van der Waals surface area contributed by atoms with E-state index >= 15 is 0 Å². The van der Waals surface area contributed by atoms with Crippen molar-refractivity contribution in [1.82, 2.24) is 9.97 Å². The standard InChI is InChI=1S/C12H19N3/c13-10-5-9(6-10)12-14-7-11(15-12)8-3-1-2-4-8/h7-10H,1-6,13H2,(H,14,15). The summed E-state index contributed by atoms with van der Waals surface area (Å²) in [5.74, 6) is 2.54. The van der Waals surface area contributed by atoms with Crippen LogP contribution in [0.4, 0.5) is 0 Å². The molecule has 0 radical (unpaired) electrons. The fourth-order valence-corrected chi connectivity index (χ4v) is 2.89. The van der Waals surface area contributed by atoms with Gasteiger partial charge in [0.05, 0.1) is 0 Å². The Morgan fingerprint density at radius 3 is 2.60 bits per heavy atom. The number of aromatic amines is 1. The lowest BCUT2D eigenvalue weighted by Gasteiger charge is -2.30. The molecule has 0 bridgehead atoms. The van der Waals surface area contributed by atoms with E-state index in [0.717, 1.165) is 18.8 Å². The normalized spacial score (nSPS) is 31.8. The molecule has 3 heteroatoms. The molecule has 82 valence electrons. The summed E-state index contributed by atoms with van der Waals surface area (Å²) in [6.07, 6.45) is 9.71. The largest absolute Gasteiger partial charge is 0.345 e. The zero-order valence-corrected chi connectivity index (χ0v) is 9.08. The third kappa shape index (κ3) is 1.69. The Balaban J connectivity index is 1.70. The van der Waals surface area contributed by atoms with Crippen molar-refractivity contribution in [1.29, 1.82) is 0 Å². The summed E-state index contributed by atoms with van der Waals surface area (Å²) in [5.41, 5.74) is 7.16. The summed E-state index contributed by atoms with van der Waals surface area (Å²) >= 11 is 0. The van der Waals surface area contributed by atoms with E-state index in [1.54, 1.807) is 0 Å². The quantitative estimate of drug-likeness (QED) is 0.778. The molecule has 0 spiro atoms. The van der Waals surface area contributed by atoms with E-state index < -0.39 is 0 Å². The molecule has 0 unspecified atom stereocenters. The van der Waals surface area contributed by atoms with Crippen LogP contribution in [0.2, 0.25) is 0 Å². The van der Waals surface area contributed by atoms with E-state index in [-0.39, 0.29) is 0 Å². The van der Waals surface area contributed by atoms with Crippen molar-refractivity contribution in [2.24, 2.45) is 5.73 Å². The Hall–Kier alpha value is -0.830. The number of nitrogens with zero attached hydrogens (tertiary/aromatic N) is 1. The van der Waals surface area contributed by atoms with Gasteiger partial charge < -0.3 is 10.7 Å². The molecule has 15 heavy (non-hydrogen) atoms. The van der Waals surface area contributed by atoms with Crippen molar-refractivity contribution < 1.29 is 0 Å². The lowest BCUT2D eigenvalue weighted by Crippen LogP contribution is -2.35. The number of aromatic nitrogens is 2. The molecule has 1 aromatic rings. The Labute approximate surface area is 90.5 Å². The van der Waals surface area contributed by atoms with Crippen LogP contribution in [0.25, 0.3) is 0 Å². The molecule has 2 saturated carbocycles. The summed E-state index contributed by atoms with van der Waals surface area (Å²) < 4.78 is 0. The van der Waals surface area contributed by atoms with Crippen LogP contribution < -0.4 is 5.73 Å². The maximum absolute atomic E-state index is 5.79. The number of nitrogens with one attached hydrogen (secondary N) is 1. The molecule has 2 aliphatic carbocycles. The highest BCUT2D eigenvalue weighted by Gasteiger charge is 2.30. The van der Waals surface area contributed by atoms with Crippen LogP contribution in [0.15, 0.2) is 6.20 Å². The number of hydrogen-bond acceptors (Lipinski definition) is 2. The molecular weight excluding hydrogens is 186 g/mol.